The topological polar surface area (TPSA) is 113 Å². The van der Waals surface area contributed by atoms with Crippen molar-refractivity contribution in [3.8, 4) is 6.19 Å². The highest BCUT2D eigenvalue weighted by Gasteiger charge is 2.26. The SMILES string of the molecule is CN1CCN(c2ccc(NC(=O)[C@H](NC(=O)Nc3ccc(Cl)cc3)c3ccccc3)cc2)/C1=N/C#N. The van der Waals surface area contributed by atoms with Crippen molar-refractivity contribution in [2.45, 2.75) is 6.04 Å². The average Bonchev–Trinajstić information content (AvgIpc) is 3.25. The minimum absolute atomic E-state index is 0.396. The fourth-order valence-corrected chi connectivity index (χ4v) is 3.93. The van der Waals surface area contributed by atoms with Crippen LogP contribution in [0.15, 0.2) is 83.9 Å². The zero-order valence-corrected chi connectivity index (χ0v) is 20.2. The van der Waals surface area contributed by atoms with E-state index in [1.807, 2.05) is 41.2 Å². The molecule has 1 aliphatic heterocycles. The van der Waals surface area contributed by atoms with E-state index in [2.05, 4.69) is 20.9 Å². The number of aliphatic imine (C=N–C) groups is 1. The Labute approximate surface area is 214 Å². The van der Waals surface area contributed by atoms with Gasteiger partial charge in [-0.05, 0) is 54.1 Å². The number of amides is 3. The van der Waals surface area contributed by atoms with E-state index in [1.165, 1.54) is 0 Å². The third-order valence-corrected chi connectivity index (χ3v) is 5.86. The molecule has 4 rings (SSSR count). The quantitative estimate of drug-likeness (QED) is 0.432. The maximum absolute atomic E-state index is 13.2. The van der Waals surface area contributed by atoms with E-state index in [1.54, 1.807) is 60.7 Å². The molecule has 1 fully saturated rings. The fourth-order valence-electron chi connectivity index (χ4n) is 3.81. The summed E-state index contributed by atoms with van der Waals surface area (Å²) in [6.45, 7) is 1.45. The predicted molar refractivity (Wildman–Crippen MR) is 141 cm³/mol. The summed E-state index contributed by atoms with van der Waals surface area (Å²) in [4.78, 5) is 33.6. The summed E-state index contributed by atoms with van der Waals surface area (Å²) in [5.74, 6) is 0.183. The number of nitrogens with zero attached hydrogens (tertiary/aromatic N) is 4. The van der Waals surface area contributed by atoms with Gasteiger partial charge in [0.1, 0.15) is 6.04 Å². The van der Waals surface area contributed by atoms with Crippen LogP contribution in [0.3, 0.4) is 0 Å². The highest BCUT2D eigenvalue weighted by atomic mass is 35.5. The lowest BCUT2D eigenvalue weighted by Crippen LogP contribution is -2.39. The molecule has 36 heavy (non-hydrogen) atoms. The largest absolute Gasteiger partial charge is 0.343 e. The number of nitriles is 1. The molecule has 0 unspecified atom stereocenters. The van der Waals surface area contributed by atoms with Gasteiger partial charge >= 0.3 is 6.03 Å². The van der Waals surface area contributed by atoms with Crippen molar-refractivity contribution >= 4 is 46.6 Å². The number of carbonyl (C=O) groups excluding carboxylic acids is 2. The van der Waals surface area contributed by atoms with E-state index in [9.17, 15) is 9.59 Å². The lowest BCUT2D eigenvalue weighted by molar-refractivity contribution is -0.118. The maximum Gasteiger partial charge on any atom is 0.320 e. The lowest BCUT2D eigenvalue weighted by atomic mass is 10.1. The molecule has 0 radical (unpaired) electrons. The van der Waals surface area contributed by atoms with E-state index >= 15 is 0 Å². The van der Waals surface area contributed by atoms with E-state index in [4.69, 9.17) is 16.9 Å². The van der Waals surface area contributed by atoms with Gasteiger partial charge in [0.2, 0.25) is 12.2 Å². The van der Waals surface area contributed by atoms with Gasteiger partial charge in [-0.3, -0.25) is 4.79 Å². The summed E-state index contributed by atoms with van der Waals surface area (Å²) in [6, 6.07) is 21.4. The Hall–Kier alpha value is -4.55. The summed E-state index contributed by atoms with van der Waals surface area (Å²) in [5.41, 5.74) is 2.60. The third-order valence-electron chi connectivity index (χ3n) is 5.61. The van der Waals surface area contributed by atoms with Gasteiger partial charge in [0, 0.05) is 42.2 Å². The number of nitrogens with one attached hydrogen (secondary N) is 3. The standard InChI is InChI=1S/C26H24ClN7O2/c1-33-15-16-34(26(33)29-17-28)22-13-11-20(12-14-22)30-24(35)23(18-5-3-2-4-6-18)32-25(36)31-21-9-7-19(27)8-10-21/h2-14,23H,15-16H2,1H3,(H,30,35)(H2,31,32,36)/b29-26+/t23-/m1/s1. The summed E-state index contributed by atoms with van der Waals surface area (Å²) in [6.07, 6.45) is 1.84. The van der Waals surface area contributed by atoms with E-state index in [0.29, 0.717) is 34.5 Å². The smallest absolute Gasteiger partial charge is 0.320 e. The molecule has 182 valence electrons. The molecule has 1 aliphatic rings. The number of anilines is 3. The van der Waals surface area contributed by atoms with Gasteiger partial charge in [-0.25, -0.2) is 4.79 Å². The molecular formula is C26H24ClN7O2. The number of hydrogen-bond acceptors (Lipinski definition) is 4. The molecule has 1 atom stereocenters. The normalized spacial score (nSPS) is 14.8. The minimum Gasteiger partial charge on any atom is -0.343 e. The Morgan fingerprint density at radius 3 is 2.25 bits per heavy atom. The third kappa shape index (κ3) is 5.92. The Kier molecular flexibility index (Phi) is 7.68. The lowest BCUT2D eigenvalue weighted by Gasteiger charge is -2.21. The zero-order valence-electron chi connectivity index (χ0n) is 19.5. The first kappa shape index (κ1) is 24.6. The number of likely N-dealkylation sites (N-methyl/N-ethyl adjacent to an activating group) is 1. The van der Waals surface area contributed by atoms with Crippen LogP contribution in [-0.4, -0.2) is 42.9 Å². The second kappa shape index (κ2) is 11.3. The Morgan fingerprint density at radius 1 is 0.944 bits per heavy atom. The van der Waals surface area contributed by atoms with Crippen molar-refractivity contribution in [3.63, 3.8) is 0 Å². The average molecular weight is 502 g/mol. The van der Waals surface area contributed by atoms with Crippen molar-refractivity contribution in [2.75, 3.05) is 35.7 Å². The Morgan fingerprint density at radius 2 is 1.58 bits per heavy atom. The summed E-state index contributed by atoms with van der Waals surface area (Å²) in [7, 11) is 1.88. The van der Waals surface area contributed by atoms with Crippen molar-refractivity contribution in [3.05, 3.63) is 89.4 Å². The molecule has 3 aromatic carbocycles. The van der Waals surface area contributed by atoms with Gasteiger partial charge < -0.3 is 25.8 Å². The minimum atomic E-state index is -0.931. The second-order valence-electron chi connectivity index (χ2n) is 8.07. The van der Waals surface area contributed by atoms with Crippen LogP contribution in [0.5, 0.6) is 0 Å². The number of halogens is 1. The van der Waals surface area contributed by atoms with E-state index in [0.717, 1.165) is 12.2 Å². The summed E-state index contributed by atoms with van der Waals surface area (Å²) >= 11 is 5.90. The molecule has 0 aliphatic carbocycles. The number of carbonyl (C=O) groups is 2. The van der Waals surface area contributed by atoms with E-state index in [-0.39, 0.29) is 0 Å². The predicted octanol–water partition coefficient (Wildman–Crippen LogP) is 4.43. The monoisotopic (exact) mass is 501 g/mol. The molecule has 10 heteroatoms. The number of urea groups is 1. The zero-order chi connectivity index (χ0) is 25.5. The highest BCUT2D eigenvalue weighted by Crippen LogP contribution is 2.23. The molecule has 0 saturated carbocycles. The van der Waals surface area contributed by atoms with Crippen LogP contribution in [0.2, 0.25) is 5.02 Å². The maximum atomic E-state index is 13.2. The van der Waals surface area contributed by atoms with Crippen molar-refractivity contribution < 1.29 is 9.59 Å². The van der Waals surface area contributed by atoms with Gasteiger partial charge in [0.15, 0.2) is 0 Å². The molecule has 1 heterocycles. The van der Waals surface area contributed by atoms with Crippen molar-refractivity contribution in [2.24, 2.45) is 4.99 Å². The Balaban J connectivity index is 1.47. The first-order valence-corrected chi connectivity index (χ1v) is 11.6. The van der Waals surface area contributed by atoms with Crippen LogP contribution < -0.4 is 20.9 Å². The molecular weight excluding hydrogens is 478 g/mol. The van der Waals surface area contributed by atoms with Gasteiger partial charge in [-0.1, -0.05) is 41.9 Å². The molecule has 3 amide bonds. The van der Waals surface area contributed by atoms with Gasteiger partial charge in [0.05, 0.1) is 0 Å². The molecule has 9 nitrogen and oxygen atoms in total. The van der Waals surface area contributed by atoms with Gasteiger partial charge in [0.25, 0.3) is 5.91 Å². The first-order chi connectivity index (χ1) is 17.4. The number of guanidine groups is 1. The molecule has 1 saturated heterocycles. The second-order valence-corrected chi connectivity index (χ2v) is 8.51. The van der Waals surface area contributed by atoms with Crippen LogP contribution in [0, 0.1) is 11.5 Å². The van der Waals surface area contributed by atoms with Crippen LogP contribution in [-0.2, 0) is 4.79 Å². The van der Waals surface area contributed by atoms with Crippen LogP contribution in [0.25, 0.3) is 0 Å². The van der Waals surface area contributed by atoms with Gasteiger partial charge in [-0.2, -0.15) is 5.26 Å². The van der Waals surface area contributed by atoms with Crippen LogP contribution in [0.4, 0.5) is 21.9 Å². The molecule has 3 aromatic rings. The first-order valence-electron chi connectivity index (χ1n) is 11.2. The number of hydrogen-bond donors (Lipinski definition) is 3. The highest BCUT2D eigenvalue weighted by molar-refractivity contribution is 6.30. The molecule has 0 bridgehead atoms. The molecule has 3 N–H and O–H groups in total. The Bertz CT molecular complexity index is 1290. The molecule has 0 spiro atoms. The van der Waals surface area contributed by atoms with Crippen LogP contribution in [0.1, 0.15) is 11.6 Å². The van der Waals surface area contributed by atoms with Gasteiger partial charge in [-0.15, -0.1) is 4.99 Å². The number of benzene rings is 3. The number of rotatable bonds is 6. The molecule has 0 aromatic heterocycles. The van der Waals surface area contributed by atoms with Crippen molar-refractivity contribution in [1.29, 1.82) is 5.26 Å². The van der Waals surface area contributed by atoms with E-state index < -0.39 is 18.0 Å². The summed E-state index contributed by atoms with van der Waals surface area (Å²) in [5, 5.41) is 17.9. The van der Waals surface area contributed by atoms with Crippen LogP contribution >= 0.6 is 11.6 Å². The van der Waals surface area contributed by atoms with Crippen molar-refractivity contribution in [1.82, 2.24) is 10.2 Å². The fraction of sp³-hybridized carbons (Fsp3) is 0.154. The summed E-state index contributed by atoms with van der Waals surface area (Å²) < 4.78 is 0.